The maximum absolute atomic E-state index is 12.6. The standard InChI is InChI=1S/C36H36N12O22S6.6K/c49-13-11-47(12-14-50)35-43-31(41-33(44-35)39-25-18-24(74(56,57)58)8-9-27(25)72-69-66-54)37-21-5-3-19(28(15-21)73-70-67-55)1-2-20-4-6-22(16-30(20)76(62,63)64)38-32-42-34(46-36(45-32)48(51)52)40-26-17-23(71-68-65-53)7-10-29(26)75(59,60)61;;;;;;/h1-10,15-18,49-55H,11-14H2,(H,56,57,58)(H,59,60,61)(H,62,63,64)(H2,37,39,41,43,44)(H2,38,40,42,45,46);;;;;;/q;6*+1/p-6/b2-1+;;;;;;. The molecule has 8 N–H and O–H groups in total. The molecule has 0 unspecified atom stereocenters. The van der Waals surface area contributed by atoms with Crippen LogP contribution >= 0.6 is 36.1 Å². The fraction of sp³-hybridized carbons (Fsp3) is 0.111. The first-order valence-corrected chi connectivity index (χ1v) is 26.3. The zero-order chi connectivity index (χ0) is 55.2. The molecule has 4 aromatic carbocycles. The van der Waals surface area contributed by atoms with E-state index < -0.39 is 87.0 Å². The molecule has 6 rings (SSSR count). The second kappa shape index (κ2) is 42.0. The van der Waals surface area contributed by atoms with Gasteiger partial charge in [-0.25, -0.2) is 25.3 Å². The summed E-state index contributed by atoms with van der Waals surface area (Å²) in [6, 6.07) is 13.3. The smallest absolute Gasteiger partial charge is 0.744 e. The number of hydrogen-bond acceptors (Lipinski definition) is 37. The Hall–Kier alpha value is 3.52. The number of aliphatic hydroxyl groups is 2. The van der Waals surface area contributed by atoms with E-state index >= 15 is 0 Å². The Morgan fingerprint density at radius 2 is 0.976 bits per heavy atom. The molecule has 82 heavy (non-hydrogen) atoms. The van der Waals surface area contributed by atoms with Crippen molar-refractivity contribution in [3.05, 3.63) is 83.9 Å². The van der Waals surface area contributed by atoms with Gasteiger partial charge < -0.3 is 65.8 Å². The van der Waals surface area contributed by atoms with Crippen LogP contribution in [0.25, 0.3) is 12.2 Å². The molecule has 408 valence electrons. The molecule has 6 aromatic rings. The Kier molecular flexibility index (Phi) is 43.8. The summed E-state index contributed by atoms with van der Waals surface area (Å²) in [6.45, 7) is -1.10. The summed E-state index contributed by atoms with van der Waals surface area (Å²) in [5.41, 5.74) is -0.758. The molecule has 0 atom stereocenters. The van der Waals surface area contributed by atoms with Gasteiger partial charge in [-0.1, -0.05) is 29.5 Å². The Balaban J connectivity index is 0.0000109. The van der Waals surface area contributed by atoms with Gasteiger partial charge in [-0.15, -0.1) is 0 Å². The van der Waals surface area contributed by atoms with E-state index in [1.165, 1.54) is 41.3 Å². The number of nitrogens with one attached hydrogen (secondary N) is 4. The number of hydrogen-bond donors (Lipinski definition) is 8. The minimum absolute atomic E-state index is 0. The number of nitrogens with zero attached hydrogens (tertiary/aromatic N) is 8. The maximum atomic E-state index is 12.6. The van der Waals surface area contributed by atoms with Crippen LogP contribution < -0.4 is 355 Å². The number of anilines is 10. The van der Waals surface area contributed by atoms with E-state index in [4.69, 9.17) is 0 Å². The molecule has 0 saturated carbocycles. The van der Waals surface area contributed by atoms with E-state index in [0.29, 0.717) is 36.1 Å². The largest absolute Gasteiger partial charge is 1.00 e. The molecule has 0 amide bonds. The van der Waals surface area contributed by atoms with Crippen molar-refractivity contribution >= 4 is 137 Å². The topological polar surface area (TPSA) is 509 Å². The van der Waals surface area contributed by atoms with Crippen molar-refractivity contribution in [2.75, 3.05) is 57.7 Å². The Morgan fingerprint density at radius 1 is 0.500 bits per heavy atom. The molecule has 0 bridgehead atoms. The molecule has 46 heteroatoms. The third-order valence-corrected chi connectivity index (χ3v) is 13.6. The van der Waals surface area contributed by atoms with Crippen LogP contribution in [0.4, 0.5) is 58.4 Å². The molecule has 0 radical (unpaired) electrons. The summed E-state index contributed by atoms with van der Waals surface area (Å²) in [5.74, 6) is -2.92. The molecule has 0 aliphatic rings. The number of aliphatic hydroxyl groups excluding tert-OH is 2. The van der Waals surface area contributed by atoms with Crippen LogP contribution in [-0.2, 0) is 58.5 Å². The SMILES string of the molecule is O=S(=O)([O-])c1ccc(SOO[O-])c(Nc2nc(Nc3ccc(/C=C/c4ccc(Nc5nc(Nc6cc(SOO[O-])ccc6S(=O)(=O)[O-])nc(N(O)O)n5)cc4S(=O)(=O)[O-])c(SOO[O-])c3)nc(N(CCO)CCO)n2)c1.[K+].[K+].[K+].[K+].[K+].[K+]. The summed E-state index contributed by atoms with van der Waals surface area (Å²) >= 11 is 1.01. The molecule has 2 aromatic heterocycles. The fourth-order valence-electron chi connectivity index (χ4n) is 6.07. The van der Waals surface area contributed by atoms with Gasteiger partial charge in [0.25, 0.3) is 5.95 Å². The van der Waals surface area contributed by atoms with Gasteiger partial charge in [0.15, 0.2) is 0 Å². The Bertz CT molecular complexity index is 3420. The van der Waals surface area contributed by atoms with Crippen LogP contribution in [0.15, 0.2) is 102 Å². The first-order chi connectivity index (χ1) is 36.1. The Morgan fingerprint density at radius 3 is 1.49 bits per heavy atom. The van der Waals surface area contributed by atoms with E-state index in [1.54, 1.807) is 0 Å². The van der Waals surface area contributed by atoms with E-state index in [1.807, 2.05) is 0 Å². The zero-order valence-electron chi connectivity index (χ0n) is 43.1. The van der Waals surface area contributed by atoms with E-state index in [9.17, 15) is 75.3 Å². The van der Waals surface area contributed by atoms with Crippen LogP contribution in [0, 0.1) is 0 Å². The third-order valence-electron chi connectivity index (χ3n) is 9.11. The summed E-state index contributed by atoms with van der Waals surface area (Å²) < 4.78 is 123. The zero-order valence-corrected chi connectivity index (χ0v) is 66.7. The van der Waals surface area contributed by atoms with Crippen LogP contribution in [0.1, 0.15) is 11.1 Å². The van der Waals surface area contributed by atoms with E-state index in [2.05, 4.69) is 79.3 Å². The quantitative estimate of drug-likeness (QED) is 0.00565. The van der Waals surface area contributed by atoms with Gasteiger partial charge in [0.05, 0.1) is 80.3 Å². The van der Waals surface area contributed by atoms with Gasteiger partial charge in [0.1, 0.15) is 30.4 Å². The molecule has 0 aliphatic carbocycles. The summed E-state index contributed by atoms with van der Waals surface area (Å²) in [4.78, 5) is 23.4. The van der Waals surface area contributed by atoms with Gasteiger partial charge in [0.2, 0.25) is 29.7 Å². The minimum Gasteiger partial charge on any atom is -0.744 e. The average molecular weight is 1410 g/mol. The minimum atomic E-state index is -5.32. The first-order valence-electron chi connectivity index (χ1n) is 19.9. The molecular formula is C36H30K6N12O22S6. The van der Waals surface area contributed by atoms with Gasteiger partial charge in [-0.2, -0.15) is 42.9 Å². The van der Waals surface area contributed by atoms with Crippen molar-refractivity contribution in [2.24, 2.45) is 0 Å². The van der Waals surface area contributed by atoms with Crippen molar-refractivity contribution in [2.45, 2.75) is 29.4 Å². The number of aromatic nitrogens is 6. The van der Waals surface area contributed by atoms with Crippen molar-refractivity contribution in [1.29, 1.82) is 0 Å². The van der Waals surface area contributed by atoms with Crippen molar-refractivity contribution in [1.82, 2.24) is 29.9 Å². The van der Waals surface area contributed by atoms with Gasteiger partial charge in [-0.3, -0.25) is 25.5 Å². The van der Waals surface area contributed by atoms with Gasteiger partial charge >= 0.3 is 308 Å². The van der Waals surface area contributed by atoms with Crippen LogP contribution in [-0.4, -0.2) is 116 Å². The molecule has 34 nitrogen and oxygen atoms in total. The molecule has 0 fully saturated rings. The predicted molar refractivity (Wildman–Crippen MR) is 248 cm³/mol. The maximum Gasteiger partial charge on any atom is 1.00 e. The third kappa shape index (κ3) is 27.2. The average Bonchev–Trinajstić information content (AvgIpc) is 3.35. The number of benzene rings is 4. The predicted octanol–water partition coefficient (Wildman–Crippen LogP) is -18.0. The number of rotatable bonds is 28. The van der Waals surface area contributed by atoms with Gasteiger partial charge in [-0.05, 0) is 71.8 Å². The molecular weight excluding hydrogens is 1380 g/mol. The van der Waals surface area contributed by atoms with E-state index in [0.717, 1.165) is 48.5 Å². The fourth-order valence-corrected chi connectivity index (χ4v) is 9.21. The monoisotopic (exact) mass is 1410 g/mol. The van der Waals surface area contributed by atoms with Crippen LogP contribution in [0.5, 0.6) is 0 Å². The molecule has 0 saturated heterocycles. The van der Waals surface area contributed by atoms with Crippen LogP contribution in [0.2, 0.25) is 0 Å². The molecule has 2 heterocycles. The second-order valence-electron chi connectivity index (χ2n) is 14.0. The summed E-state index contributed by atoms with van der Waals surface area (Å²) in [5, 5.41) is 90.8. The summed E-state index contributed by atoms with van der Waals surface area (Å²) in [7, 11) is -15.5. The second-order valence-corrected chi connectivity index (χ2v) is 20.3. The van der Waals surface area contributed by atoms with Crippen molar-refractivity contribution in [3.63, 3.8) is 0 Å². The molecule has 0 spiro atoms. The van der Waals surface area contributed by atoms with Gasteiger partial charge in [0, 0.05) is 34.3 Å². The van der Waals surface area contributed by atoms with Crippen molar-refractivity contribution < 1.29 is 412 Å². The van der Waals surface area contributed by atoms with E-state index in [-0.39, 0.29) is 382 Å². The molecule has 0 aliphatic heterocycles. The Labute approximate surface area is 732 Å². The summed E-state index contributed by atoms with van der Waals surface area (Å²) in [6.07, 6.45) is 2.48. The van der Waals surface area contributed by atoms with Crippen molar-refractivity contribution in [3.8, 4) is 0 Å². The normalized spacial score (nSPS) is 11.1. The van der Waals surface area contributed by atoms with Crippen LogP contribution in [0.3, 0.4) is 0 Å². The first kappa shape index (κ1) is 85.5.